The summed E-state index contributed by atoms with van der Waals surface area (Å²) in [6.07, 6.45) is -1.30. The number of nitrogens with one attached hydrogen (secondary N) is 2. The minimum atomic E-state index is -4.71. The Morgan fingerprint density at radius 2 is 2.00 bits per heavy atom. The van der Waals surface area contributed by atoms with Crippen LogP contribution in [0.1, 0.15) is 18.5 Å². The Balaban J connectivity index is 1.64. The van der Waals surface area contributed by atoms with E-state index in [-0.39, 0.29) is 17.7 Å². The Morgan fingerprint density at radius 1 is 1.23 bits per heavy atom. The molecule has 1 amide bonds. The molecule has 0 aliphatic carbocycles. The molecule has 3 rings (SSSR count). The lowest BCUT2D eigenvalue weighted by Crippen LogP contribution is -2.40. The van der Waals surface area contributed by atoms with Crippen molar-refractivity contribution in [3.63, 3.8) is 0 Å². The molecule has 1 unspecified atom stereocenters. The van der Waals surface area contributed by atoms with Crippen LogP contribution < -0.4 is 15.4 Å². The molecule has 138 valence electrons. The minimum absolute atomic E-state index is 0.0524. The molecule has 1 aliphatic heterocycles. The molecule has 0 saturated carbocycles. The van der Waals surface area contributed by atoms with Gasteiger partial charge in [-0.1, -0.05) is 12.1 Å². The van der Waals surface area contributed by atoms with Crippen LogP contribution in [0.5, 0.6) is 5.75 Å². The number of aromatic nitrogens is 1. The zero-order chi connectivity index (χ0) is 18.6. The van der Waals surface area contributed by atoms with Crippen molar-refractivity contribution in [2.45, 2.75) is 31.8 Å². The van der Waals surface area contributed by atoms with E-state index < -0.39 is 6.36 Å². The van der Waals surface area contributed by atoms with Gasteiger partial charge in [-0.3, -0.25) is 9.78 Å². The molecule has 2 heterocycles. The van der Waals surface area contributed by atoms with E-state index in [9.17, 15) is 18.0 Å². The van der Waals surface area contributed by atoms with E-state index in [1.54, 1.807) is 30.5 Å². The second-order valence-corrected chi connectivity index (χ2v) is 5.97. The lowest BCUT2D eigenvalue weighted by molar-refractivity contribution is -0.274. The third kappa shape index (κ3) is 4.95. The molecular formula is C18H18F3N3O2. The van der Waals surface area contributed by atoms with Crippen LogP contribution >= 0.6 is 0 Å². The fourth-order valence-electron chi connectivity index (χ4n) is 2.81. The number of carbonyl (C=O) groups excluding carboxylic acids is 1. The van der Waals surface area contributed by atoms with E-state index in [1.807, 2.05) is 0 Å². The van der Waals surface area contributed by atoms with Crippen molar-refractivity contribution in [2.24, 2.45) is 0 Å². The Labute approximate surface area is 148 Å². The van der Waals surface area contributed by atoms with Gasteiger partial charge in [-0.05, 0) is 54.8 Å². The molecular weight excluding hydrogens is 347 g/mol. The van der Waals surface area contributed by atoms with Crippen molar-refractivity contribution < 1.29 is 22.7 Å². The Hall–Kier alpha value is -2.61. The summed E-state index contributed by atoms with van der Waals surface area (Å²) in [5.41, 5.74) is 2.19. The maximum Gasteiger partial charge on any atom is 0.573 e. The summed E-state index contributed by atoms with van der Waals surface area (Å²) in [5, 5.41) is 5.97. The third-order valence-electron chi connectivity index (χ3n) is 4.06. The van der Waals surface area contributed by atoms with Crippen LogP contribution in [0, 0.1) is 0 Å². The lowest BCUT2D eigenvalue weighted by atomic mass is 10.1. The van der Waals surface area contributed by atoms with Crippen molar-refractivity contribution in [1.82, 2.24) is 15.6 Å². The van der Waals surface area contributed by atoms with Crippen molar-refractivity contribution >= 4 is 5.91 Å². The van der Waals surface area contributed by atoms with Crippen LogP contribution in [0.4, 0.5) is 13.2 Å². The number of rotatable bonds is 5. The highest BCUT2D eigenvalue weighted by molar-refractivity contribution is 5.82. The zero-order valence-electron chi connectivity index (χ0n) is 13.8. The van der Waals surface area contributed by atoms with Gasteiger partial charge in [0.25, 0.3) is 0 Å². The summed E-state index contributed by atoms with van der Waals surface area (Å²) < 4.78 is 40.5. The molecule has 1 aliphatic rings. The second kappa shape index (κ2) is 7.74. The van der Waals surface area contributed by atoms with Gasteiger partial charge in [0.1, 0.15) is 5.75 Å². The number of amides is 1. The zero-order valence-corrected chi connectivity index (χ0v) is 13.8. The normalized spacial score (nSPS) is 17.1. The average molecular weight is 365 g/mol. The molecule has 2 aromatic rings. The fourth-order valence-corrected chi connectivity index (χ4v) is 2.81. The average Bonchev–Trinajstić information content (AvgIpc) is 3.14. The quantitative estimate of drug-likeness (QED) is 0.855. The summed E-state index contributed by atoms with van der Waals surface area (Å²) in [7, 11) is 0. The highest BCUT2D eigenvalue weighted by atomic mass is 19.4. The molecule has 26 heavy (non-hydrogen) atoms. The molecule has 2 N–H and O–H groups in total. The smallest absolute Gasteiger partial charge is 0.406 e. The summed E-state index contributed by atoms with van der Waals surface area (Å²) >= 11 is 0. The minimum Gasteiger partial charge on any atom is -0.406 e. The Morgan fingerprint density at radius 3 is 2.65 bits per heavy atom. The van der Waals surface area contributed by atoms with Gasteiger partial charge in [-0.2, -0.15) is 0 Å². The number of hydrogen-bond acceptors (Lipinski definition) is 4. The molecule has 0 bridgehead atoms. The highest BCUT2D eigenvalue weighted by Gasteiger charge is 2.31. The first-order valence-electron chi connectivity index (χ1n) is 8.23. The number of nitrogens with zero attached hydrogens (tertiary/aromatic N) is 1. The summed E-state index contributed by atoms with van der Waals surface area (Å²) in [5.74, 6) is -0.324. The first-order valence-corrected chi connectivity index (χ1v) is 8.23. The van der Waals surface area contributed by atoms with Crippen LogP contribution in [-0.2, 0) is 11.3 Å². The van der Waals surface area contributed by atoms with Crippen LogP contribution in [0.15, 0.2) is 42.6 Å². The van der Waals surface area contributed by atoms with Crippen LogP contribution in [0.3, 0.4) is 0 Å². The van der Waals surface area contributed by atoms with Crippen molar-refractivity contribution in [1.29, 1.82) is 0 Å². The van der Waals surface area contributed by atoms with E-state index >= 15 is 0 Å². The van der Waals surface area contributed by atoms with Gasteiger partial charge in [0.15, 0.2) is 0 Å². The number of alkyl halides is 3. The predicted molar refractivity (Wildman–Crippen MR) is 89.2 cm³/mol. The monoisotopic (exact) mass is 365 g/mol. The molecule has 1 atom stereocenters. The molecule has 8 heteroatoms. The van der Waals surface area contributed by atoms with Crippen molar-refractivity contribution in [2.75, 3.05) is 6.54 Å². The number of hydrogen-bond donors (Lipinski definition) is 2. The molecule has 1 saturated heterocycles. The van der Waals surface area contributed by atoms with Gasteiger partial charge in [0, 0.05) is 6.20 Å². The molecule has 0 radical (unpaired) electrons. The first kappa shape index (κ1) is 18.2. The van der Waals surface area contributed by atoms with E-state index in [0.29, 0.717) is 12.2 Å². The topological polar surface area (TPSA) is 63.2 Å². The van der Waals surface area contributed by atoms with Crippen molar-refractivity contribution in [3.05, 3.63) is 48.3 Å². The molecule has 0 spiro atoms. The number of carbonyl (C=O) groups is 1. The van der Waals surface area contributed by atoms with Gasteiger partial charge < -0.3 is 15.4 Å². The van der Waals surface area contributed by atoms with E-state index in [4.69, 9.17) is 0 Å². The Bertz CT molecular complexity index is 757. The largest absolute Gasteiger partial charge is 0.573 e. The number of ether oxygens (including phenoxy) is 1. The van der Waals surface area contributed by atoms with Crippen molar-refractivity contribution in [3.8, 4) is 16.9 Å². The van der Waals surface area contributed by atoms with Gasteiger partial charge in [0.2, 0.25) is 5.91 Å². The summed E-state index contributed by atoms with van der Waals surface area (Å²) in [4.78, 5) is 16.2. The maximum atomic E-state index is 12.2. The number of benzene rings is 1. The third-order valence-corrected chi connectivity index (χ3v) is 4.06. The number of pyridine rings is 1. The molecule has 1 aromatic heterocycles. The summed E-state index contributed by atoms with van der Waals surface area (Å²) in [6, 6.07) is 9.00. The van der Waals surface area contributed by atoms with Crippen LogP contribution in [-0.4, -0.2) is 29.8 Å². The Kier molecular flexibility index (Phi) is 5.41. The van der Waals surface area contributed by atoms with Crippen LogP contribution in [0.2, 0.25) is 0 Å². The molecule has 5 nitrogen and oxygen atoms in total. The second-order valence-electron chi connectivity index (χ2n) is 5.97. The van der Waals surface area contributed by atoms with Gasteiger partial charge in [-0.15, -0.1) is 13.2 Å². The maximum absolute atomic E-state index is 12.2. The molecule has 1 aromatic carbocycles. The van der Waals surface area contributed by atoms with E-state index in [1.165, 1.54) is 12.1 Å². The summed E-state index contributed by atoms with van der Waals surface area (Å²) in [6.45, 7) is 1.14. The SMILES string of the molecule is O=C(NCc1cc(-c2ccc(OC(F)(F)F)cc2)ccn1)C1CCCN1. The van der Waals surface area contributed by atoms with Gasteiger partial charge in [0.05, 0.1) is 18.3 Å². The predicted octanol–water partition coefficient (Wildman–Crippen LogP) is 3.02. The lowest BCUT2D eigenvalue weighted by Gasteiger charge is -2.12. The fraction of sp³-hybridized carbons (Fsp3) is 0.333. The first-order chi connectivity index (χ1) is 12.4. The van der Waals surface area contributed by atoms with E-state index in [2.05, 4.69) is 20.4 Å². The van der Waals surface area contributed by atoms with Crippen LogP contribution in [0.25, 0.3) is 11.1 Å². The van der Waals surface area contributed by atoms with E-state index in [0.717, 1.165) is 30.5 Å². The molecule has 1 fully saturated rings. The highest BCUT2D eigenvalue weighted by Crippen LogP contribution is 2.26. The van der Waals surface area contributed by atoms with Gasteiger partial charge >= 0.3 is 6.36 Å². The number of halogens is 3. The van der Waals surface area contributed by atoms with Gasteiger partial charge in [-0.25, -0.2) is 0 Å². The standard InChI is InChI=1S/C18H18F3N3O2/c19-18(20,21)26-15-5-3-12(4-6-15)13-7-9-22-14(10-13)11-24-17(25)16-2-1-8-23-16/h3-7,9-10,16,23H,1-2,8,11H2,(H,24,25).